The van der Waals surface area contributed by atoms with Crippen LogP contribution in [-0.4, -0.2) is 15.7 Å². The first kappa shape index (κ1) is 7.02. The summed E-state index contributed by atoms with van der Waals surface area (Å²) in [4.78, 5) is 16.0. The minimum absolute atomic E-state index is 0.853. The van der Waals surface area contributed by atoms with Gasteiger partial charge in [0.15, 0.2) is 5.91 Å². The van der Waals surface area contributed by atoms with E-state index in [2.05, 4.69) is 6.58 Å². The van der Waals surface area contributed by atoms with Crippen LogP contribution in [0.4, 0.5) is 4.39 Å². The Bertz CT molecular complexity index is 66.0. The van der Waals surface area contributed by atoms with Crippen LogP contribution in [0.3, 0.4) is 0 Å². The van der Waals surface area contributed by atoms with Crippen LogP contribution in [0.25, 0.3) is 0 Å². The highest BCUT2D eigenvalue weighted by molar-refractivity contribution is 7.45. The van der Waals surface area contributed by atoms with Crippen molar-refractivity contribution in [3.05, 3.63) is 12.7 Å². The smallest absolute Gasteiger partial charge is 0.206 e. The molecule has 42 valence electrons. The predicted molar refractivity (Wildman–Crippen MR) is 26.5 cm³/mol. The van der Waals surface area contributed by atoms with Crippen LogP contribution in [0, 0.1) is 0 Å². The van der Waals surface area contributed by atoms with Crippen molar-refractivity contribution in [1.29, 1.82) is 0 Å². The Morgan fingerprint density at radius 1 is 1.71 bits per heavy atom. The Labute approximate surface area is 42.2 Å². The van der Waals surface area contributed by atoms with Gasteiger partial charge in [0, 0.05) is 0 Å². The first-order valence-electron chi connectivity index (χ1n) is 1.62. The van der Waals surface area contributed by atoms with Gasteiger partial charge in [-0.05, 0) is 6.08 Å². The third-order valence-electron chi connectivity index (χ3n) is 0.415. The van der Waals surface area contributed by atoms with Crippen molar-refractivity contribution in [2.45, 2.75) is 5.91 Å². The largest absolute Gasteiger partial charge is 0.348 e. The number of rotatable bonds is 2. The molecule has 7 heavy (non-hydrogen) atoms. The van der Waals surface area contributed by atoms with E-state index in [9.17, 15) is 4.39 Å². The molecule has 1 unspecified atom stereocenters. The van der Waals surface area contributed by atoms with Crippen LogP contribution in [0.15, 0.2) is 12.7 Å². The fourth-order valence-electron chi connectivity index (χ4n) is 0.0943. The minimum atomic E-state index is -2.45. The van der Waals surface area contributed by atoms with E-state index in [4.69, 9.17) is 9.79 Å². The summed E-state index contributed by atoms with van der Waals surface area (Å²) >= 11 is 0. The van der Waals surface area contributed by atoms with Gasteiger partial charge in [-0.1, -0.05) is 6.58 Å². The Morgan fingerprint density at radius 2 is 2.14 bits per heavy atom. The Morgan fingerprint density at radius 3 is 2.14 bits per heavy atom. The summed E-state index contributed by atoms with van der Waals surface area (Å²) in [5, 5.41) is 0. The first-order chi connectivity index (χ1) is 3.18. The van der Waals surface area contributed by atoms with Gasteiger partial charge in [0.2, 0.25) is 8.38 Å². The molecule has 0 aromatic heterocycles. The van der Waals surface area contributed by atoms with Crippen molar-refractivity contribution >= 4 is 8.38 Å². The number of halogens is 1. The Hall–Kier alpha value is 0.0200. The lowest BCUT2D eigenvalue weighted by atomic mass is 10.7. The molecule has 0 heterocycles. The molecule has 0 aliphatic rings. The van der Waals surface area contributed by atoms with Gasteiger partial charge in [0.1, 0.15) is 0 Å². The van der Waals surface area contributed by atoms with E-state index in [0.29, 0.717) is 0 Å². The molecule has 0 rings (SSSR count). The lowest BCUT2D eigenvalue weighted by Gasteiger charge is -1.99. The molecule has 0 radical (unpaired) electrons. The van der Waals surface area contributed by atoms with Crippen molar-refractivity contribution in [2.75, 3.05) is 0 Å². The monoisotopic (exact) mass is 124 g/mol. The topological polar surface area (TPSA) is 40.5 Å². The van der Waals surface area contributed by atoms with Gasteiger partial charge in [-0.3, -0.25) is 0 Å². The lowest BCUT2D eigenvalue weighted by molar-refractivity contribution is 0.404. The van der Waals surface area contributed by atoms with Crippen LogP contribution in [0.2, 0.25) is 0 Å². The van der Waals surface area contributed by atoms with Gasteiger partial charge in [-0.2, -0.15) is 0 Å². The standard InChI is InChI=1S/C3H6FO2P/c1-2-3(4)7(5)6/h2-3,5-6H,1H2. The van der Waals surface area contributed by atoms with Gasteiger partial charge >= 0.3 is 0 Å². The zero-order valence-electron chi connectivity index (χ0n) is 3.58. The summed E-state index contributed by atoms with van der Waals surface area (Å²) in [7, 11) is -2.45. The van der Waals surface area contributed by atoms with Crippen LogP contribution < -0.4 is 0 Å². The van der Waals surface area contributed by atoms with E-state index in [0.717, 1.165) is 6.08 Å². The zero-order chi connectivity index (χ0) is 5.86. The maximum Gasteiger partial charge on any atom is 0.206 e. The maximum absolute atomic E-state index is 11.7. The normalized spacial score (nSPS) is 14.3. The Balaban J connectivity index is 3.33. The minimum Gasteiger partial charge on any atom is -0.348 e. The SMILES string of the molecule is C=CC(F)P(O)O. The molecular formula is C3H6FO2P. The molecule has 0 aliphatic heterocycles. The Kier molecular flexibility index (Phi) is 3.09. The maximum atomic E-state index is 11.7. The molecule has 0 saturated heterocycles. The number of alkyl halides is 1. The molecule has 0 amide bonds. The highest BCUT2D eigenvalue weighted by Crippen LogP contribution is 2.31. The summed E-state index contributed by atoms with van der Waals surface area (Å²) in [6.07, 6.45) is 0.853. The first-order valence-corrected chi connectivity index (χ1v) is 2.93. The van der Waals surface area contributed by atoms with Gasteiger partial charge in [0.05, 0.1) is 0 Å². The molecule has 2 nitrogen and oxygen atoms in total. The van der Waals surface area contributed by atoms with E-state index in [-0.39, 0.29) is 0 Å². The molecule has 0 aromatic carbocycles. The summed E-state index contributed by atoms with van der Waals surface area (Å²) in [6, 6.07) is 0. The quantitative estimate of drug-likeness (QED) is 0.421. The zero-order valence-corrected chi connectivity index (χ0v) is 4.48. The fourth-order valence-corrected chi connectivity index (χ4v) is 0.283. The molecule has 0 aromatic rings. The predicted octanol–water partition coefficient (Wildman–Crippen LogP) is 0.764. The molecule has 0 saturated carbocycles. The molecule has 2 N–H and O–H groups in total. The molecule has 1 atom stereocenters. The number of allylic oxidation sites excluding steroid dienone is 1. The van der Waals surface area contributed by atoms with Crippen molar-refractivity contribution in [2.24, 2.45) is 0 Å². The second-order valence-electron chi connectivity index (χ2n) is 0.929. The summed E-state index contributed by atoms with van der Waals surface area (Å²) in [5.41, 5.74) is 0. The van der Waals surface area contributed by atoms with E-state index in [1.807, 2.05) is 0 Å². The van der Waals surface area contributed by atoms with E-state index in [1.54, 1.807) is 0 Å². The van der Waals surface area contributed by atoms with Crippen LogP contribution >= 0.6 is 8.38 Å². The van der Waals surface area contributed by atoms with Crippen molar-refractivity contribution < 1.29 is 14.2 Å². The number of hydrogen-bond acceptors (Lipinski definition) is 2. The summed E-state index contributed by atoms with van der Waals surface area (Å²) in [6.45, 7) is 3.00. The van der Waals surface area contributed by atoms with E-state index in [1.165, 1.54) is 0 Å². The van der Waals surface area contributed by atoms with Crippen molar-refractivity contribution in [1.82, 2.24) is 0 Å². The molecule has 0 bridgehead atoms. The average Bonchev–Trinajstić information content (AvgIpc) is 1.65. The van der Waals surface area contributed by atoms with Gasteiger partial charge in [0.25, 0.3) is 0 Å². The van der Waals surface area contributed by atoms with Gasteiger partial charge < -0.3 is 9.79 Å². The second-order valence-corrected chi connectivity index (χ2v) is 2.06. The van der Waals surface area contributed by atoms with Crippen molar-refractivity contribution in [3.63, 3.8) is 0 Å². The summed E-state index contributed by atoms with van der Waals surface area (Å²) in [5.74, 6) is -1.66. The van der Waals surface area contributed by atoms with Crippen molar-refractivity contribution in [3.8, 4) is 0 Å². The van der Waals surface area contributed by atoms with E-state index < -0.39 is 14.3 Å². The van der Waals surface area contributed by atoms with Gasteiger partial charge in [-0.15, -0.1) is 0 Å². The third kappa shape index (κ3) is 2.68. The van der Waals surface area contributed by atoms with Gasteiger partial charge in [-0.25, -0.2) is 4.39 Å². The second kappa shape index (κ2) is 3.08. The highest BCUT2D eigenvalue weighted by Gasteiger charge is 2.09. The molecular weight excluding hydrogens is 118 g/mol. The highest BCUT2D eigenvalue weighted by atomic mass is 31.2. The van der Waals surface area contributed by atoms with Crippen LogP contribution in [-0.2, 0) is 0 Å². The molecule has 0 aliphatic carbocycles. The lowest BCUT2D eigenvalue weighted by Crippen LogP contribution is -1.88. The van der Waals surface area contributed by atoms with E-state index >= 15 is 0 Å². The number of hydrogen-bond donors (Lipinski definition) is 2. The summed E-state index contributed by atoms with van der Waals surface area (Å²) < 4.78 is 11.7. The molecule has 4 heteroatoms. The third-order valence-corrected chi connectivity index (χ3v) is 1.07. The average molecular weight is 124 g/mol. The molecule has 0 spiro atoms. The van der Waals surface area contributed by atoms with Crippen LogP contribution in [0.1, 0.15) is 0 Å². The van der Waals surface area contributed by atoms with Crippen LogP contribution in [0.5, 0.6) is 0 Å². The molecule has 0 fully saturated rings. The fraction of sp³-hybridized carbons (Fsp3) is 0.333.